The normalized spacial score (nSPS) is 8.94. The van der Waals surface area contributed by atoms with Crippen LogP contribution in [0.5, 0.6) is 11.5 Å². The molecule has 0 fully saturated rings. The van der Waals surface area contributed by atoms with Crippen molar-refractivity contribution >= 4 is 11.6 Å². The smallest absolute Gasteiger partial charge is 0.191 e. The minimum absolute atomic E-state index is 0. The number of hydrogen-bond donors (Lipinski definition) is 2. The molecule has 0 aliphatic carbocycles. The summed E-state index contributed by atoms with van der Waals surface area (Å²) in [7, 11) is 3.15. The SMILES string of the molecule is C.COc1cc(N=C(N)N)cc(C)c1OC. The molecule has 1 rings (SSSR count). The van der Waals surface area contributed by atoms with Gasteiger partial charge in [-0.15, -0.1) is 0 Å². The minimum atomic E-state index is 0. The van der Waals surface area contributed by atoms with E-state index in [0.717, 1.165) is 5.56 Å². The van der Waals surface area contributed by atoms with E-state index in [-0.39, 0.29) is 13.4 Å². The van der Waals surface area contributed by atoms with Crippen molar-refractivity contribution in [3.8, 4) is 11.5 Å². The first-order valence-corrected chi connectivity index (χ1v) is 4.40. The number of nitrogens with two attached hydrogens (primary N) is 2. The Labute approximate surface area is 96.1 Å². The average molecular weight is 225 g/mol. The van der Waals surface area contributed by atoms with Gasteiger partial charge in [0, 0.05) is 6.07 Å². The monoisotopic (exact) mass is 225 g/mol. The van der Waals surface area contributed by atoms with Crippen LogP contribution in [0.25, 0.3) is 0 Å². The maximum Gasteiger partial charge on any atom is 0.191 e. The Morgan fingerprint density at radius 3 is 2.25 bits per heavy atom. The molecule has 0 unspecified atom stereocenters. The quantitative estimate of drug-likeness (QED) is 0.604. The van der Waals surface area contributed by atoms with Crippen molar-refractivity contribution in [3.63, 3.8) is 0 Å². The summed E-state index contributed by atoms with van der Waals surface area (Å²) >= 11 is 0. The summed E-state index contributed by atoms with van der Waals surface area (Å²) in [5, 5.41) is 0. The van der Waals surface area contributed by atoms with E-state index in [1.54, 1.807) is 20.3 Å². The summed E-state index contributed by atoms with van der Waals surface area (Å²) in [5.74, 6) is 1.31. The van der Waals surface area contributed by atoms with Crippen LogP contribution in [0.1, 0.15) is 13.0 Å². The number of methoxy groups -OCH3 is 2. The number of benzene rings is 1. The van der Waals surface area contributed by atoms with Crippen molar-refractivity contribution in [2.24, 2.45) is 16.5 Å². The van der Waals surface area contributed by atoms with E-state index in [1.165, 1.54) is 0 Å². The largest absolute Gasteiger partial charge is 0.493 e. The molecule has 0 aliphatic rings. The Balaban J connectivity index is 0.00000225. The van der Waals surface area contributed by atoms with Crippen LogP contribution in [-0.2, 0) is 0 Å². The fraction of sp³-hybridized carbons (Fsp3) is 0.364. The van der Waals surface area contributed by atoms with Gasteiger partial charge in [-0.2, -0.15) is 0 Å². The number of guanidine groups is 1. The molecule has 0 heterocycles. The Morgan fingerprint density at radius 2 is 1.81 bits per heavy atom. The van der Waals surface area contributed by atoms with E-state index in [2.05, 4.69) is 4.99 Å². The van der Waals surface area contributed by atoms with Crippen molar-refractivity contribution in [2.45, 2.75) is 14.4 Å². The van der Waals surface area contributed by atoms with Gasteiger partial charge in [0.1, 0.15) is 0 Å². The maximum absolute atomic E-state index is 5.29. The van der Waals surface area contributed by atoms with Gasteiger partial charge in [0.15, 0.2) is 17.5 Å². The molecule has 1 aromatic rings. The van der Waals surface area contributed by atoms with Gasteiger partial charge in [-0.25, -0.2) is 4.99 Å². The standard InChI is InChI=1S/C10H15N3O2.CH4/c1-6-4-7(13-10(11)12)5-8(14-2)9(6)15-3;/h4-5H,1-3H3,(H4,11,12,13);1H4. The van der Waals surface area contributed by atoms with Gasteiger partial charge in [-0.05, 0) is 18.6 Å². The van der Waals surface area contributed by atoms with Gasteiger partial charge >= 0.3 is 0 Å². The lowest BCUT2D eigenvalue weighted by Gasteiger charge is -2.11. The van der Waals surface area contributed by atoms with E-state index in [4.69, 9.17) is 20.9 Å². The molecule has 5 heteroatoms. The number of hydrogen-bond acceptors (Lipinski definition) is 3. The minimum Gasteiger partial charge on any atom is -0.493 e. The third kappa shape index (κ3) is 3.05. The summed E-state index contributed by atoms with van der Waals surface area (Å²) in [5.41, 5.74) is 12.1. The molecule has 5 nitrogen and oxygen atoms in total. The molecule has 90 valence electrons. The maximum atomic E-state index is 5.29. The molecule has 0 saturated carbocycles. The molecule has 0 aromatic heterocycles. The van der Waals surface area contributed by atoms with Crippen LogP contribution in [0.4, 0.5) is 5.69 Å². The zero-order valence-corrected chi connectivity index (χ0v) is 9.07. The van der Waals surface area contributed by atoms with Crippen LogP contribution in [0.2, 0.25) is 0 Å². The molecule has 0 atom stereocenters. The van der Waals surface area contributed by atoms with E-state index < -0.39 is 0 Å². The molecule has 4 N–H and O–H groups in total. The predicted octanol–water partition coefficient (Wildman–Crippen LogP) is 1.55. The van der Waals surface area contributed by atoms with Crippen molar-refractivity contribution in [2.75, 3.05) is 14.2 Å². The zero-order chi connectivity index (χ0) is 11.4. The summed E-state index contributed by atoms with van der Waals surface area (Å²) in [4.78, 5) is 3.94. The Hall–Kier alpha value is -1.91. The number of rotatable bonds is 3. The Bertz CT molecular complexity index is 385. The number of nitrogens with zero attached hydrogens (tertiary/aromatic N) is 1. The molecule has 0 spiro atoms. The highest BCUT2D eigenvalue weighted by Crippen LogP contribution is 2.34. The summed E-state index contributed by atoms with van der Waals surface area (Å²) in [6.45, 7) is 1.90. The molecular formula is C11H19N3O2. The zero-order valence-electron chi connectivity index (χ0n) is 9.07. The van der Waals surface area contributed by atoms with E-state index in [9.17, 15) is 0 Å². The molecule has 1 aromatic carbocycles. The summed E-state index contributed by atoms with van der Waals surface area (Å²) in [6.07, 6.45) is 0. The van der Waals surface area contributed by atoms with E-state index >= 15 is 0 Å². The predicted molar refractivity (Wildman–Crippen MR) is 66.5 cm³/mol. The molecule has 0 saturated heterocycles. The van der Waals surface area contributed by atoms with Crippen LogP contribution in [0.15, 0.2) is 17.1 Å². The fourth-order valence-electron chi connectivity index (χ4n) is 1.35. The highest BCUT2D eigenvalue weighted by atomic mass is 16.5. The Morgan fingerprint density at radius 1 is 1.19 bits per heavy atom. The van der Waals surface area contributed by atoms with Crippen molar-refractivity contribution in [1.29, 1.82) is 0 Å². The summed E-state index contributed by atoms with van der Waals surface area (Å²) < 4.78 is 10.4. The van der Waals surface area contributed by atoms with Crippen molar-refractivity contribution < 1.29 is 9.47 Å². The first kappa shape index (κ1) is 14.1. The highest BCUT2D eigenvalue weighted by Gasteiger charge is 2.08. The van der Waals surface area contributed by atoms with Crippen LogP contribution in [0, 0.1) is 6.92 Å². The van der Waals surface area contributed by atoms with Gasteiger partial charge in [0.05, 0.1) is 19.9 Å². The van der Waals surface area contributed by atoms with Gasteiger partial charge in [-0.1, -0.05) is 7.43 Å². The number of aliphatic imine (C=N–C) groups is 1. The van der Waals surface area contributed by atoms with Gasteiger partial charge in [0.2, 0.25) is 0 Å². The van der Waals surface area contributed by atoms with E-state index in [1.807, 2.05) is 13.0 Å². The van der Waals surface area contributed by atoms with Gasteiger partial charge in [-0.3, -0.25) is 0 Å². The number of ether oxygens (including phenoxy) is 2. The third-order valence-corrected chi connectivity index (χ3v) is 1.91. The molecule has 0 radical (unpaired) electrons. The second-order valence-corrected chi connectivity index (χ2v) is 3.03. The van der Waals surface area contributed by atoms with Crippen molar-refractivity contribution in [1.82, 2.24) is 0 Å². The second-order valence-electron chi connectivity index (χ2n) is 3.03. The second kappa shape index (κ2) is 5.85. The molecular weight excluding hydrogens is 206 g/mol. The molecule has 16 heavy (non-hydrogen) atoms. The average Bonchev–Trinajstić information content (AvgIpc) is 2.15. The lowest BCUT2D eigenvalue weighted by atomic mass is 10.2. The lowest BCUT2D eigenvalue weighted by Crippen LogP contribution is -2.21. The molecule has 0 bridgehead atoms. The molecule has 0 amide bonds. The van der Waals surface area contributed by atoms with Crippen LogP contribution >= 0.6 is 0 Å². The summed E-state index contributed by atoms with van der Waals surface area (Å²) in [6, 6.07) is 3.53. The fourth-order valence-corrected chi connectivity index (χ4v) is 1.35. The lowest BCUT2D eigenvalue weighted by molar-refractivity contribution is 0.353. The van der Waals surface area contributed by atoms with Gasteiger partial charge in [0.25, 0.3) is 0 Å². The topological polar surface area (TPSA) is 82.9 Å². The first-order valence-electron chi connectivity index (χ1n) is 4.40. The molecule has 0 aliphatic heterocycles. The third-order valence-electron chi connectivity index (χ3n) is 1.91. The van der Waals surface area contributed by atoms with Crippen molar-refractivity contribution in [3.05, 3.63) is 17.7 Å². The first-order chi connectivity index (χ1) is 7.08. The van der Waals surface area contributed by atoms with Crippen LogP contribution in [-0.4, -0.2) is 20.2 Å². The Kier molecular flexibility index (Phi) is 5.15. The van der Waals surface area contributed by atoms with Crippen LogP contribution in [0.3, 0.4) is 0 Å². The highest BCUT2D eigenvalue weighted by molar-refractivity contribution is 5.79. The number of aryl methyl sites for hydroxylation is 1. The van der Waals surface area contributed by atoms with Crippen LogP contribution < -0.4 is 20.9 Å². The van der Waals surface area contributed by atoms with E-state index in [0.29, 0.717) is 17.2 Å². The van der Waals surface area contributed by atoms with Gasteiger partial charge < -0.3 is 20.9 Å².